The maximum Gasteiger partial charge on any atom is 0.135 e. The van der Waals surface area contributed by atoms with Crippen molar-refractivity contribution >= 4 is 5.82 Å². The standard InChI is InChI=1S/C19H20FN5/c1-12-10-16(24-18(22-12)13-6-7-13)23-17(19-21-8-9-25(19)2)14-4-3-5-15(20)11-14/h3-5,8-11,13,17H,6-7H2,1-2H3,(H,22,23,24). The molecule has 25 heavy (non-hydrogen) atoms. The van der Waals surface area contributed by atoms with Crippen LogP contribution in [0.4, 0.5) is 10.2 Å². The lowest BCUT2D eigenvalue weighted by Gasteiger charge is -2.20. The van der Waals surface area contributed by atoms with Crippen molar-refractivity contribution in [3.63, 3.8) is 0 Å². The van der Waals surface area contributed by atoms with Crippen molar-refractivity contribution in [2.75, 3.05) is 5.32 Å². The molecule has 128 valence electrons. The summed E-state index contributed by atoms with van der Waals surface area (Å²) in [5, 5.41) is 3.43. The van der Waals surface area contributed by atoms with Gasteiger partial charge in [-0.25, -0.2) is 19.3 Å². The number of hydrogen-bond donors (Lipinski definition) is 1. The molecule has 0 aliphatic heterocycles. The van der Waals surface area contributed by atoms with Gasteiger partial charge >= 0.3 is 0 Å². The lowest BCUT2D eigenvalue weighted by Crippen LogP contribution is -2.18. The zero-order chi connectivity index (χ0) is 17.4. The third kappa shape index (κ3) is 3.38. The van der Waals surface area contributed by atoms with Gasteiger partial charge in [0.15, 0.2) is 0 Å². The molecule has 0 spiro atoms. The predicted octanol–water partition coefficient (Wildman–Crippen LogP) is 3.74. The molecule has 1 aliphatic carbocycles. The van der Waals surface area contributed by atoms with Gasteiger partial charge in [-0.15, -0.1) is 0 Å². The first-order chi connectivity index (χ1) is 12.1. The number of aromatic nitrogens is 4. The number of anilines is 1. The lowest BCUT2D eigenvalue weighted by atomic mass is 10.1. The van der Waals surface area contributed by atoms with Gasteiger partial charge in [-0.2, -0.15) is 0 Å². The Hall–Kier alpha value is -2.76. The molecule has 0 radical (unpaired) electrons. The third-order valence-electron chi connectivity index (χ3n) is 4.40. The summed E-state index contributed by atoms with van der Waals surface area (Å²) in [5.74, 6) is 2.64. The zero-order valence-corrected chi connectivity index (χ0v) is 14.3. The van der Waals surface area contributed by atoms with Gasteiger partial charge in [0.05, 0.1) is 0 Å². The van der Waals surface area contributed by atoms with Gasteiger partial charge < -0.3 is 9.88 Å². The monoisotopic (exact) mass is 337 g/mol. The van der Waals surface area contributed by atoms with Gasteiger partial charge in [0.1, 0.15) is 29.3 Å². The molecule has 1 aromatic carbocycles. The molecular formula is C19H20FN5. The van der Waals surface area contributed by atoms with Gasteiger partial charge in [-0.1, -0.05) is 12.1 Å². The van der Waals surface area contributed by atoms with Crippen molar-refractivity contribution in [1.29, 1.82) is 0 Å². The van der Waals surface area contributed by atoms with Crippen LogP contribution in [0.5, 0.6) is 0 Å². The van der Waals surface area contributed by atoms with Crippen LogP contribution in [0, 0.1) is 12.7 Å². The zero-order valence-electron chi connectivity index (χ0n) is 14.3. The number of halogens is 1. The minimum absolute atomic E-state index is 0.268. The fraction of sp³-hybridized carbons (Fsp3) is 0.316. The molecule has 1 saturated carbocycles. The van der Waals surface area contributed by atoms with E-state index in [0.717, 1.165) is 41.6 Å². The summed E-state index contributed by atoms with van der Waals surface area (Å²) in [6, 6.07) is 8.20. The highest BCUT2D eigenvalue weighted by Crippen LogP contribution is 2.38. The second-order valence-corrected chi connectivity index (χ2v) is 6.56. The molecule has 5 nitrogen and oxygen atoms in total. The lowest BCUT2D eigenvalue weighted by molar-refractivity contribution is 0.622. The first kappa shape index (κ1) is 15.7. The summed E-state index contributed by atoms with van der Waals surface area (Å²) >= 11 is 0. The van der Waals surface area contributed by atoms with E-state index in [2.05, 4.69) is 20.3 Å². The van der Waals surface area contributed by atoms with Crippen molar-refractivity contribution in [2.45, 2.75) is 31.7 Å². The summed E-state index contributed by atoms with van der Waals surface area (Å²) in [4.78, 5) is 13.7. The molecule has 1 aliphatic rings. The fourth-order valence-corrected chi connectivity index (χ4v) is 2.98. The van der Waals surface area contributed by atoms with Crippen molar-refractivity contribution in [2.24, 2.45) is 7.05 Å². The molecule has 0 saturated heterocycles. The van der Waals surface area contributed by atoms with Crippen LogP contribution in [0.1, 0.15) is 47.7 Å². The molecule has 1 atom stereocenters. The van der Waals surface area contributed by atoms with Crippen LogP contribution < -0.4 is 5.32 Å². The van der Waals surface area contributed by atoms with Crippen molar-refractivity contribution in [3.05, 3.63) is 71.4 Å². The number of rotatable bonds is 5. The molecule has 0 amide bonds. The minimum atomic E-state index is -0.294. The van der Waals surface area contributed by atoms with Gasteiger partial charge in [-0.05, 0) is 37.5 Å². The Morgan fingerprint density at radius 1 is 1.24 bits per heavy atom. The molecule has 3 aromatic rings. The second-order valence-electron chi connectivity index (χ2n) is 6.56. The number of imidazole rings is 1. The second kappa shape index (κ2) is 6.27. The summed E-state index contributed by atoms with van der Waals surface area (Å²) in [7, 11) is 1.93. The highest BCUT2D eigenvalue weighted by Gasteiger charge is 2.27. The Labute approximate surface area is 146 Å². The van der Waals surface area contributed by atoms with E-state index in [9.17, 15) is 4.39 Å². The average molecular weight is 337 g/mol. The van der Waals surface area contributed by atoms with Crippen LogP contribution >= 0.6 is 0 Å². The summed E-state index contributed by atoms with van der Waals surface area (Å²) in [6.45, 7) is 1.97. The van der Waals surface area contributed by atoms with Crippen LogP contribution in [-0.2, 0) is 7.05 Å². The van der Waals surface area contributed by atoms with E-state index in [4.69, 9.17) is 0 Å². The molecular weight excluding hydrogens is 317 g/mol. The SMILES string of the molecule is Cc1cc(NC(c2cccc(F)c2)c2nccn2C)nc(C2CC2)n1. The number of nitrogens with one attached hydrogen (secondary N) is 1. The third-order valence-corrected chi connectivity index (χ3v) is 4.40. The highest BCUT2D eigenvalue weighted by molar-refractivity contribution is 5.43. The summed E-state index contributed by atoms with van der Waals surface area (Å²) < 4.78 is 15.7. The van der Waals surface area contributed by atoms with Gasteiger partial charge in [-0.3, -0.25) is 0 Å². The van der Waals surface area contributed by atoms with Crippen LogP contribution in [0.3, 0.4) is 0 Å². The van der Waals surface area contributed by atoms with Crippen molar-refractivity contribution < 1.29 is 4.39 Å². The smallest absolute Gasteiger partial charge is 0.135 e. The Balaban J connectivity index is 1.73. The fourth-order valence-electron chi connectivity index (χ4n) is 2.98. The quantitative estimate of drug-likeness (QED) is 0.771. The van der Waals surface area contributed by atoms with Crippen LogP contribution in [0.2, 0.25) is 0 Å². The van der Waals surface area contributed by atoms with Crippen LogP contribution in [-0.4, -0.2) is 19.5 Å². The maximum absolute atomic E-state index is 13.8. The number of benzene rings is 1. The van der Waals surface area contributed by atoms with Crippen LogP contribution in [0.15, 0.2) is 42.7 Å². The normalized spacial score (nSPS) is 15.2. The van der Waals surface area contributed by atoms with E-state index in [1.165, 1.54) is 12.1 Å². The van der Waals surface area contributed by atoms with E-state index in [1.54, 1.807) is 12.3 Å². The minimum Gasteiger partial charge on any atom is -0.356 e. The molecule has 1 unspecified atom stereocenters. The van der Waals surface area contributed by atoms with E-state index in [1.807, 2.05) is 36.9 Å². The first-order valence-corrected chi connectivity index (χ1v) is 8.45. The molecule has 2 aromatic heterocycles. The number of aryl methyl sites for hydroxylation is 2. The average Bonchev–Trinajstić information content (AvgIpc) is 3.35. The van der Waals surface area contributed by atoms with Crippen molar-refractivity contribution in [3.8, 4) is 0 Å². The number of nitrogens with zero attached hydrogens (tertiary/aromatic N) is 4. The molecule has 4 rings (SSSR count). The van der Waals surface area contributed by atoms with E-state index in [0.29, 0.717) is 5.92 Å². The Morgan fingerprint density at radius 3 is 2.76 bits per heavy atom. The van der Waals surface area contributed by atoms with E-state index >= 15 is 0 Å². The molecule has 2 heterocycles. The molecule has 1 N–H and O–H groups in total. The van der Waals surface area contributed by atoms with Gasteiger partial charge in [0.25, 0.3) is 0 Å². The predicted molar refractivity (Wildman–Crippen MR) is 93.8 cm³/mol. The van der Waals surface area contributed by atoms with Crippen molar-refractivity contribution in [1.82, 2.24) is 19.5 Å². The van der Waals surface area contributed by atoms with E-state index < -0.39 is 0 Å². The highest BCUT2D eigenvalue weighted by atomic mass is 19.1. The molecule has 6 heteroatoms. The van der Waals surface area contributed by atoms with E-state index in [-0.39, 0.29) is 11.9 Å². The topological polar surface area (TPSA) is 55.6 Å². The molecule has 0 bridgehead atoms. The Morgan fingerprint density at radius 2 is 2.08 bits per heavy atom. The maximum atomic E-state index is 13.8. The Bertz CT molecular complexity index is 900. The first-order valence-electron chi connectivity index (χ1n) is 8.45. The van der Waals surface area contributed by atoms with Gasteiger partial charge in [0.2, 0.25) is 0 Å². The summed E-state index contributed by atoms with van der Waals surface area (Å²) in [5.41, 5.74) is 1.73. The molecule has 1 fully saturated rings. The largest absolute Gasteiger partial charge is 0.356 e. The Kier molecular flexibility index (Phi) is 3.95. The van der Waals surface area contributed by atoms with Gasteiger partial charge in [0, 0.05) is 37.1 Å². The number of hydrogen-bond acceptors (Lipinski definition) is 4. The van der Waals surface area contributed by atoms with Crippen LogP contribution in [0.25, 0.3) is 0 Å². The summed E-state index contributed by atoms with van der Waals surface area (Å²) in [6.07, 6.45) is 5.92.